The summed E-state index contributed by atoms with van der Waals surface area (Å²) < 4.78 is 6.14. The summed E-state index contributed by atoms with van der Waals surface area (Å²) in [6, 6.07) is 9.64. The lowest BCUT2D eigenvalue weighted by Crippen LogP contribution is -2.46. The number of aliphatic hydroxyl groups is 1. The molecule has 1 N–H and O–H groups in total. The van der Waals surface area contributed by atoms with Crippen molar-refractivity contribution >= 4 is 5.91 Å². The van der Waals surface area contributed by atoms with Crippen LogP contribution < -0.4 is 0 Å². The molecule has 2 fully saturated rings. The average molecular weight is 275 g/mol. The molecule has 4 nitrogen and oxygen atoms in total. The lowest BCUT2D eigenvalue weighted by molar-refractivity contribution is -0.143. The molecule has 1 aromatic carbocycles. The van der Waals surface area contributed by atoms with Crippen LogP contribution in [0.25, 0.3) is 0 Å². The number of fused-ring (bicyclic) bond motifs is 1. The van der Waals surface area contributed by atoms with Crippen molar-refractivity contribution in [3.63, 3.8) is 0 Å². The van der Waals surface area contributed by atoms with E-state index in [0.717, 1.165) is 31.2 Å². The lowest BCUT2D eigenvalue weighted by atomic mass is 9.91. The number of likely N-dealkylation sites (N-methyl/N-ethyl adjacent to an activating group) is 1. The Labute approximate surface area is 119 Å². The molecule has 4 atom stereocenters. The Bertz CT molecular complexity index is 476. The molecule has 4 heteroatoms. The van der Waals surface area contributed by atoms with Crippen LogP contribution in [0.1, 0.15) is 37.4 Å². The molecule has 1 saturated heterocycles. The first-order chi connectivity index (χ1) is 9.68. The second kappa shape index (κ2) is 5.54. The first-order valence-corrected chi connectivity index (χ1v) is 7.33. The monoisotopic (exact) mass is 275 g/mol. The SMILES string of the molecule is CN1C(=O)[C@@H](O)[C@H](c2ccccc2)O[C@@H]2CCCC[C@H]21. The number of carbonyl (C=O) groups is 1. The molecule has 1 aliphatic carbocycles. The topological polar surface area (TPSA) is 49.8 Å². The van der Waals surface area contributed by atoms with Gasteiger partial charge in [-0.05, 0) is 18.4 Å². The van der Waals surface area contributed by atoms with Gasteiger partial charge in [-0.3, -0.25) is 4.79 Å². The average Bonchev–Trinajstić information content (AvgIpc) is 2.60. The highest BCUT2D eigenvalue weighted by Gasteiger charge is 2.43. The van der Waals surface area contributed by atoms with E-state index in [1.807, 2.05) is 30.3 Å². The third-order valence-corrected chi connectivity index (χ3v) is 4.50. The van der Waals surface area contributed by atoms with Gasteiger partial charge in [-0.1, -0.05) is 43.2 Å². The Morgan fingerprint density at radius 3 is 2.65 bits per heavy atom. The van der Waals surface area contributed by atoms with Gasteiger partial charge >= 0.3 is 0 Å². The number of amides is 1. The largest absolute Gasteiger partial charge is 0.380 e. The smallest absolute Gasteiger partial charge is 0.254 e. The Morgan fingerprint density at radius 1 is 1.20 bits per heavy atom. The predicted octanol–water partition coefficient (Wildman–Crippen LogP) is 1.89. The molecule has 0 spiro atoms. The molecular weight excluding hydrogens is 254 g/mol. The van der Waals surface area contributed by atoms with Crippen molar-refractivity contribution in [1.82, 2.24) is 4.90 Å². The molecule has 1 aliphatic heterocycles. The fourth-order valence-electron chi connectivity index (χ4n) is 3.35. The number of ether oxygens (including phenoxy) is 1. The third kappa shape index (κ3) is 2.34. The minimum absolute atomic E-state index is 0.0278. The van der Waals surface area contributed by atoms with Crippen LogP contribution in [0.2, 0.25) is 0 Å². The van der Waals surface area contributed by atoms with E-state index in [1.54, 1.807) is 11.9 Å². The van der Waals surface area contributed by atoms with Crippen molar-refractivity contribution in [3.05, 3.63) is 35.9 Å². The quantitative estimate of drug-likeness (QED) is 0.851. The Kier molecular flexibility index (Phi) is 3.76. The normalized spacial score (nSPS) is 34.5. The van der Waals surface area contributed by atoms with Crippen LogP contribution in [0, 0.1) is 0 Å². The third-order valence-electron chi connectivity index (χ3n) is 4.50. The molecule has 0 bridgehead atoms. The van der Waals surface area contributed by atoms with Gasteiger partial charge in [-0.25, -0.2) is 0 Å². The highest BCUT2D eigenvalue weighted by atomic mass is 16.5. The number of nitrogens with zero attached hydrogens (tertiary/aromatic N) is 1. The summed E-state index contributed by atoms with van der Waals surface area (Å²) in [6.45, 7) is 0. The summed E-state index contributed by atoms with van der Waals surface area (Å²) in [5.74, 6) is -0.228. The van der Waals surface area contributed by atoms with Gasteiger partial charge in [0.1, 0.15) is 6.10 Å². The highest BCUT2D eigenvalue weighted by molar-refractivity contribution is 5.82. The number of aliphatic hydroxyl groups excluding tert-OH is 1. The van der Waals surface area contributed by atoms with Crippen molar-refractivity contribution in [3.8, 4) is 0 Å². The van der Waals surface area contributed by atoms with E-state index in [9.17, 15) is 9.90 Å². The number of carbonyl (C=O) groups excluding carboxylic acids is 1. The summed E-state index contributed by atoms with van der Waals surface area (Å²) in [6.07, 6.45) is 2.52. The zero-order valence-corrected chi connectivity index (χ0v) is 11.7. The van der Waals surface area contributed by atoms with Crippen LogP contribution in [0.15, 0.2) is 30.3 Å². The van der Waals surface area contributed by atoms with Crippen LogP contribution in [0.3, 0.4) is 0 Å². The molecule has 1 amide bonds. The number of rotatable bonds is 1. The first-order valence-electron chi connectivity index (χ1n) is 7.33. The van der Waals surface area contributed by atoms with Gasteiger partial charge in [0.15, 0.2) is 6.10 Å². The lowest BCUT2D eigenvalue weighted by Gasteiger charge is -2.35. The fraction of sp³-hybridized carbons (Fsp3) is 0.562. The second-order valence-electron chi connectivity index (χ2n) is 5.75. The van der Waals surface area contributed by atoms with Crippen LogP contribution in [0.4, 0.5) is 0 Å². The van der Waals surface area contributed by atoms with Gasteiger partial charge < -0.3 is 14.7 Å². The van der Waals surface area contributed by atoms with E-state index in [1.165, 1.54) is 0 Å². The Morgan fingerprint density at radius 2 is 1.90 bits per heavy atom. The van der Waals surface area contributed by atoms with Crippen molar-refractivity contribution in [2.24, 2.45) is 0 Å². The summed E-state index contributed by atoms with van der Waals surface area (Å²) in [4.78, 5) is 14.1. The van der Waals surface area contributed by atoms with E-state index >= 15 is 0 Å². The van der Waals surface area contributed by atoms with Gasteiger partial charge in [-0.15, -0.1) is 0 Å². The standard InChI is InChI=1S/C16H21NO3/c1-17-12-9-5-6-10-13(12)20-15(14(18)16(17)19)11-7-3-2-4-8-11/h2-4,7-8,12-15,18H,5-6,9-10H2,1H3/t12-,13-,14+,15+/m1/s1. The van der Waals surface area contributed by atoms with E-state index in [0.29, 0.717) is 0 Å². The van der Waals surface area contributed by atoms with Gasteiger partial charge in [0.05, 0.1) is 12.1 Å². The summed E-state index contributed by atoms with van der Waals surface area (Å²) in [5, 5.41) is 10.4. The summed E-state index contributed by atoms with van der Waals surface area (Å²) >= 11 is 0. The zero-order chi connectivity index (χ0) is 14.1. The summed E-state index contributed by atoms with van der Waals surface area (Å²) in [5.41, 5.74) is 0.868. The highest BCUT2D eigenvalue weighted by Crippen LogP contribution is 2.35. The number of benzene rings is 1. The zero-order valence-electron chi connectivity index (χ0n) is 11.7. The maximum Gasteiger partial charge on any atom is 0.254 e. The van der Waals surface area contributed by atoms with E-state index < -0.39 is 12.2 Å². The molecule has 3 rings (SSSR count). The van der Waals surface area contributed by atoms with Crippen LogP contribution in [-0.2, 0) is 9.53 Å². The number of hydrogen-bond acceptors (Lipinski definition) is 3. The van der Waals surface area contributed by atoms with Crippen molar-refractivity contribution in [2.75, 3.05) is 7.05 Å². The number of hydrogen-bond donors (Lipinski definition) is 1. The van der Waals surface area contributed by atoms with E-state index in [2.05, 4.69) is 0 Å². The molecule has 0 aromatic heterocycles. The van der Waals surface area contributed by atoms with Crippen LogP contribution in [0.5, 0.6) is 0 Å². The summed E-state index contributed by atoms with van der Waals surface area (Å²) in [7, 11) is 1.78. The predicted molar refractivity (Wildman–Crippen MR) is 75.1 cm³/mol. The Balaban J connectivity index is 1.93. The molecular formula is C16H21NO3. The van der Waals surface area contributed by atoms with Crippen molar-refractivity contribution in [1.29, 1.82) is 0 Å². The van der Waals surface area contributed by atoms with Crippen LogP contribution >= 0.6 is 0 Å². The van der Waals surface area contributed by atoms with E-state index in [4.69, 9.17) is 4.74 Å². The molecule has 1 saturated carbocycles. The van der Waals surface area contributed by atoms with Gasteiger partial charge in [-0.2, -0.15) is 0 Å². The second-order valence-corrected chi connectivity index (χ2v) is 5.75. The molecule has 0 unspecified atom stereocenters. The Hall–Kier alpha value is -1.39. The maximum atomic E-state index is 12.4. The molecule has 0 radical (unpaired) electrons. The van der Waals surface area contributed by atoms with Gasteiger partial charge in [0, 0.05) is 7.05 Å². The maximum absolute atomic E-state index is 12.4. The molecule has 1 aromatic rings. The molecule has 2 aliphatic rings. The first kappa shape index (κ1) is 13.6. The van der Waals surface area contributed by atoms with Gasteiger partial charge in [0.25, 0.3) is 5.91 Å². The molecule has 108 valence electrons. The molecule has 20 heavy (non-hydrogen) atoms. The van der Waals surface area contributed by atoms with Crippen molar-refractivity contribution in [2.45, 2.75) is 50.0 Å². The van der Waals surface area contributed by atoms with Gasteiger partial charge in [0.2, 0.25) is 0 Å². The minimum Gasteiger partial charge on any atom is -0.380 e. The van der Waals surface area contributed by atoms with Crippen molar-refractivity contribution < 1.29 is 14.6 Å². The van der Waals surface area contributed by atoms with E-state index in [-0.39, 0.29) is 18.1 Å². The minimum atomic E-state index is -1.12. The fourth-order valence-corrected chi connectivity index (χ4v) is 3.35. The molecule has 1 heterocycles. The van der Waals surface area contributed by atoms with Crippen LogP contribution in [-0.4, -0.2) is 41.2 Å².